The number of carbonyl (C=O) groups is 1. The molecule has 1 aromatic carbocycles. The summed E-state index contributed by atoms with van der Waals surface area (Å²) < 4.78 is 31.5. The van der Waals surface area contributed by atoms with Crippen LogP contribution in [0.25, 0.3) is 0 Å². The number of amides is 1. The van der Waals surface area contributed by atoms with E-state index < -0.39 is 10.0 Å². The van der Waals surface area contributed by atoms with E-state index in [1.165, 1.54) is 4.31 Å². The van der Waals surface area contributed by atoms with Crippen LogP contribution in [0.2, 0.25) is 0 Å². The summed E-state index contributed by atoms with van der Waals surface area (Å²) in [6.07, 6.45) is 1.69. The van der Waals surface area contributed by atoms with Crippen LogP contribution in [0.15, 0.2) is 40.9 Å². The van der Waals surface area contributed by atoms with E-state index in [4.69, 9.17) is 4.52 Å². The number of nitrogens with one attached hydrogen (secondary N) is 1. The van der Waals surface area contributed by atoms with Crippen molar-refractivity contribution in [2.75, 3.05) is 18.8 Å². The molecule has 1 N–H and O–H groups in total. The molecular formula is C18H23N3O4S. The van der Waals surface area contributed by atoms with Crippen LogP contribution in [0.3, 0.4) is 0 Å². The normalized spacial score (nSPS) is 16.5. The maximum atomic E-state index is 12.5. The number of hydrogen-bond donors (Lipinski definition) is 1. The van der Waals surface area contributed by atoms with Crippen LogP contribution < -0.4 is 5.32 Å². The molecule has 1 amide bonds. The lowest BCUT2D eigenvalue weighted by Crippen LogP contribution is -2.47. The van der Waals surface area contributed by atoms with E-state index in [9.17, 15) is 13.2 Å². The fraction of sp³-hybridized carbons (Fsp3) is 0.444. The van der Waals surface area contributed by atoms with Gasteiger partial charge in [0.2, 0.25) is 10.0 Å². The van der Waals surface area contributed by atoms with Gasteiger partial charge in [-0.1, -0.05) is 35.5 Å². The van der Waals surface area contributed by atoms with Crippen molar-refractivity contribution in [2.45, 2.75) is 32.2 Å². The van der Waals surface area contributed by atoms with Crippen molar-refractivity contribution in [3.05, 3.63) is 53.4 Å². The first-order valence-electron chi connectivity index (χ1n) is 8.70. The smallest absolute Gasteiger partial charge is 0.273 e. The topological polar surface area (TPSA) is 92.5 Å². The third kappa shape index (κ3) is 4.70. The van der Waals surface area contributed by atoms with Gasteiger partial charge in [0.25, 0.3) is 5.91 Å². The minimum Gasteiger partial charge on any atom is -0.361 e. The highest BCUT2D eigenvalue weighted by Crippen LogP contribution is 2.16. The quantitative estimate of drug-likeness (QED) is 0.828. The van der Waals surface area contributed by atoms with E-state index in [0.29, 0.717) is 38.1 Å². The van der Waals surface area contributed by atoms with E-state index in [1.807, 2.05) is 30.3 Å². The van der Waals surface area contributed by atoms with Crippen molar-refractivity contribution in [1.82, 2.24) is 14.8 Å². The first-order chi connectivity index (χ1) is 12.4. The number of sulfonamides is 1. The average Bonchev–Trinajstić information content (AvgIpc) is 3.08. The molecule has 0 atom stereocenters. The summed E-state index contributed by atoms with van der Waals surface area (Å²) in [5.41, 5.74) is 1.27. The van der Waals surface area contributed by atoms with Gasteiger partial charge in [0.1, 0.15) is 5.76 Å². The molecule has 7 nitrogen and oxygen atoms in total. The van der Waals surface area contributed by atoms with Crippen LogP contribution in [-0.4, -0.2) is 48.7 Å². The molecule has 0 aliphatic carbocycles. The van der Waals surface area contributed by atoms with E-state index in [2.05, 4.69) is 10.5 Å². The minimum absolute atomic E-state index is 0.0555. The molecule has 8 heteroatoms. The number of aromatic nitrogens is 1. The maximum absolute atomic E-state index is 12.5. The Bertz CT molecular complexity index is 840. The second-order valence-corrected chi connectivity index (χ2v) is 8.61. The zero-order valence-corrected chi connectivity index (χ0v) is 15.5. The number of benzene rings is 1. The minimum atomic E-state index is -3.29. The molecule has 3 rings (SSSR count). The number of carbonyl (C=O) groups excluding carboxylic acids is 1. The fourth-order valence-corrected chi connectivity index (χ4v) is 4.55. The van der Waals surface area contributed by atoms with Gasteiger partial charge in [-0.2, -0.15) is 0 Å². The molecular weight excluding hydrogens is 354 g/mol. The van der Waals surface area contributed by atoms with Crippen LogP contribution in [0.5, 0.6) is 0 Å². The van der Waals surface area contributed by atoms with Gasteiger partial charge in [0.15, 0.2) is 5.69 Å². The Labute approximate surface area is 153 Å². The SMILES string of the molecule is Cc1cc(C(=O)NC2CCN(S(=O)(=O)CCc3ccccc3)CC2)no1. The number of nitrogens with zero attached hydrogens (tertiary/aromatic N) is 2. The predicted octanol–water partition coefficient (Wildman–Crippen LogP) is 1.75. The van der Waals surface area contributed by atoms with Crippen LogP contribution in [0.1, 0.15) is 34.7 Å². The van der Waals surface area contributed by atoms with Crippen molar-refractivity contribution in [2.24, 2.45) is 0 Å². The summed E-state index contributed by atoms with van der Waals surface area (Å²) in [5, 5.41) is 6.59. The molecule has 1 aliphatic heterocycles. The lowest BCUT2D eigenvalue weighted by atomic mass is 10.1. The summed E-state index contributed by atoms with van der Waals surface area (Å²) in [4.78, 5) is 12.1. The Hall–Kier alpha value is -2.19. The van der Waals surface area contributed by atoms with Crippen LogP contribution in [-0.2, 0) is 16.4 Å². The molecule has 1 aromatic heterocycles. The van der Waals surface area contributed by atoms with Gasteiger partial charge in [-0.05, 0) is 31.7 Å². The van der Waals surface area contributed by atoms with Crippen molar-refractivity contribution in [3.63, 3.8) is 0 Å². The van der Waals surface area contributed by atoms with Gasteiger partial charge in [-0.25, -0.2) is 12.7 Å². The van der Waals surface area contributed by atoms with E-state index >= 15 is 0 Å². The zero-order valence-electron chi connectivity index (χ0n) is 14.7. The summed E-state index contributed by atoms with van der Waals surface area (Å²) in [6, 6.07) is 11.1. The number of aryl methyl sites for hydroxylation is 2. The summed E-state index contributed by atoms with van der Waals surface area (Å²) in [7, 11) is -3.29. The number of rotatable bonds is 6. The molecule has 1 fully saturated rings. The third-order valence-corrected chi connectivity index (χ3v) is 6.41. The second-order valence-electron chi connectivity index (χ2n) is 6.52. The van der Waals surface area contributed by atoms with Crippen molar-refractivity contribution >= 4 is 15.9 Å². The fourth-order valence-electron chi connectivity index (χ4n) is 3.03. The van der Waals surface area contributed by atoms with Crippen molar-refractivity contribution in [1.29, 1.82) is 0 Å². The molecule has 140 valence electrons. The molecule has 0 radical (unpaired) electrons. The van der Waals surface area contributed by atoms with E-state index in [-0.39, 0.29) is 23.4 Å². The Kier molecular flexibility index (Phi) is 5.73. The zero-order chi connectivity index (χ0) is 18.6. The number of piperidine rings is 1. The average molecular weight is 377 g/mol. The number of hydrogen-bond acceptors (Lipinski definition) is 5. The van der Waals surface area contributed by atoms with E-state index in [1.54, 1.807) is 13.0 Å². The largest absolute Gasteiger partial charge is 0.361 e. The predicted molar refractivity (Wildman–Crippen MR) is 97.2 cm³/mol. The molecule has 1 saturated heterocycles. The van der Waals surface area contributed by atoms with Gasteiger partial charge in [0.05, 0.1) is 5.75 Å². The van der Waals surface area contributed by atoms with E-state index in [0.717, 1.165) is 5.56 Å². The van der Waals surface area contributed by atoms with Gasteiger partial charge >= 0.3 is 0 Å². The molecule has 0 bridgehead atoms. The highest BCUT2D eigenvalue weighted by atomic mass is 32.2. The lowest BCUT2D eigenvalue weighted by Gasteiger charge is -2.31. The van der Waals surface area contributed by atoms with Crippen LogP contribution in [0, 0.1) is 6.92 Å². The highest BCUT2D eigenvalue weighted by Gasteiger charge is 2.29. The van der Waals surface area contributed by atoms with Crippen LogP contribution >= 0.6 is 0 Å². The molecule has 0 unspecified atom stereocenters. The molecule has 2 aromatic rings. The second kappa shape index (κ2) is 8.01. The Balaban J connectivity index is 1.48. The lowest BCUT2D eigenvalue weighted by molar-refractivity contribution is 0.0914. The summed E-state index contributed by atoms with van der Waals surface area (Å²) in [6.45, 7) is 2.56. The maximum Gasteiger partial charge on any atom is 0.273 e. The molecule has 1 aliphatic rings. The van der Waals surface area contributed by atoms with Gasteiger partial charge < -0.3 is 9.84 Å². The molecule has 0 saturated carbocycles. The molecule has 0 spiro atoms. The van der Waals surface area contributed by atoms with Gasteiger partial charge in [-0.15, -0.1) is 0 Å². The van der Waals surface area contributed by atoms with Crippen molar-refractivity contribution < 1.29 is 17.7 Å². The monoisotopic (exact) mass is 377 g/mol. The van der Waals surface area contributed by atoms with Gasteiger partial charge in [0, 0.05) is 25.2 Å². The third-order valence-electron chi connectivity index (χ3n) is 4.53. The van der Waals surface area contributed by atoms with Gasteiger partial charge in [-0.3, -0.25) is 4.79 Å². The Morgan fingerprint density at radius 2 is 1.96 bits per heavy atom. The summed E-state index contributed by atoms with van der Waals surface area (Å²) in [5.74, 6) is 0.397. The highest BCUT2D eigenvalue weighted by molar-refractivity contribution is 7.89. The standard InChI is InChI=1S/C18H23N3O4S/c1-14-13-17(20-25-14)18(22)19-16-7-10-21(11-8-16)26(23,24)12-9-15-5-3-2-4-6-15/h2-6,13,16H,7-12H2,1H3,(H,19,22). The van der Waals surface area contributed by atoms with Crippen molar-refractivity contribution in [3.8, 4) is 0 Å². The molecule has 2 heterocycles. The van der Waals surface area contributed by atoms with Crippen LogP contribution in [0.4, 0.5) is 0 Å². The first kappa shape index (κ1) is 18.6. The molecule has 26 heavy (non-hydrogen) atoms. The Morgan fingerprint density at radius 3 is 2.58 bits per heavy atom. The summed E-state index contributed by atoms with van der Waals surface area (Å²) >= 11 is 0. The Morgan fingerprint density at radius 1 is 1.27 bits per heavy atom. The first-order valence-corrected chi connectivity index (χ1v) is 10.3.